The summed E-state index contributed by atoms with van der Waals surface area (Å²) in [7, 11) is 0. The number of alkyl halides is 5. The zero-order valence-corrected chi connectivity index (χ0v) is 8.65. The predicted octanol–water partition coefficient (Wildman–Crippen LogP) is 3.69. The molecule has 0 bridgehead atoms. The molecule has 0 saturated carbocycles. The maximum absolute atomic E-state index is 12.4. The Balaban J connectivity index is 3.24. The van der Waals surface area contributed by atoms with Gasteiger partial charge in [0.05, 0.1) is 5.56 Å². The molecule has 1 rings (SSSR count). The van der Waals surface area contributed by atoms with Crippen LogP contribution in [0.5, 0.6) is 5.75 Å². The molecule has 0 saturated heterocycles. The smallest absolute Gasteiger partial charge is 0.416 e. The zero-order valence-electron chi connectivity index (χ0n) is 7.89. The Bertz CT molecular complexity index is 430. The summed E-state index contributed by atoms with van der Waals surface area (Å²) in [6.07, 6.45) is -4.79. The van der Waals surface area contributed by atoms with Crippen LogP contribution in [0.3, 0.4) is 0 Å². The van der Waals surface area contributed by atoms with Gasteiger partial charge in [-0.1, -0.05) is 0 Å². The highest BCUT2D eigenvalue weighted by Gasteiger charge is 2.32. The molecule has 0 aliphatic heterocycles. The first-order valence-electron chi connectivity index (χ1n) is 4.07. The lowest BCUT2D eigenvalue weighted by molar-refractivity contribution is -0.138. The van der Waals surface area contributed by atoms with Crippen molar-refractivity contribution >= 4 is 16.8 Å². The van der Waals surface area contributed by atoms with Crippen molar-refractivity contribution in [3.63, 3.8) is 0 Å². The Hall–Kier alpha value is -1.37. The Morgan fingerprint density at radius 3 is 2.24 bits per heavy atom. The molecule has 0 unspecified atom stereocenters. The Morgan fingerprint density at radius 2 is 1.82 bits per heavy atom. The summed E-state index contributed by atoms with van der Waals surface area (Å²) in [5.74, 6) is -0.779. The fourth-order valence-electron chi connectivity index (χ4n) is 1.05. The third-order valence-electron chi connectivity index (χ3n) is 1.69. The van der Waals surface area contributed by atoms with Crippen LogP contribution in [-0.2, 0) is 6.18 Å². The summed E-state index contributed by atoms with van der Waals surface area (Å²) in [5, 5.41) is -1.20. The summed E-state index contributed by atoms with van der Waals surface area (Å²) >= 11 is 4.98. The molecular formula is C9H4ClF5O2. The van der Waals surface area contributed by atoms with Crippen molar-refractivity contribution in [2.45, 2.75) is 12.8 Å². The fraction of sp³-hybridized carbons (Fsp3) is 0.222. The number of carbonyl (C=O) groups is 1. The third-order valence-corrected chi connectivity index (χ3v) is 1.90. The first-order chi connectivity index (χ1) is 7.70. The van der Waals surface area contributed by atoms with Gasteiger partial charge >= 0.3 is 12.8 Å². The van der Waals surface area contributed by atoms with Crippen molar-refractivity contribution < 1.29 is 31.5 Å². The molecular weight excluding hydrogens is 271 g/mol. The summed E-state index contributed by atoms with van der Waals surface area (Å²) in [4.78, 5) is 10.7. The molecule has 0 amide bonds. The molecule has 0 fully saturated rings. The summed E-state index contributed by atoms with van der Waals surface area (Å²) in [5.41, 5.74) is -1.86. The third kappa shape index (κ3) is 3.85. The van der Waals surface area contributed by atoms with Crippen LogP contribution in [-0.4, -0.2) is 11.9 Å². The highest BCUT2D eigenvalue weighted by Crippen LogP contribution is 2.33. The molecule has 0 aliphatic carbocycles. The van der Waals surface area contributed by atoms with Crippen LogP contribution in [0.4, 0.5) is 22.0 Å². The molecule has 94 valence electrons. The van der Waals surface area contributed by atoms with Gasteiger partial charge in [-0.2, -0.15) is 22.0 Å². The van der Waals surface area contributed by atoms with E-state index in [1.165, 1.54) is 0 Å². The Kier molecular flexibility index (Phi) is 3.92. The molecule has 1 aromatic rings. The van der Waals surface area contributed by atoms with Crippen molar-refractivity contribution in [1.82, 2.24) is 0 Å². The van der Waals surface area contributed by atoms with Crippen LogP contribution >= 0.6 is 11.6 Å². The summed E-state index contributed by atoms with van der Waals surface area (Å²) in [6, 6.07) is 1.51. The van der Waals surface area contributed by atoms with E-state index in [1.807, 2.05) is 0 Å². The minimum atomic E-state index is -4.79. The number of ether oxygens (including phenoxy) is 1. The van der Waals surface area contributed by atoms with E-state index in [0.717, 1.165) is 0 Å². The van der Waals surface area contributed by atoms with Gasteiger partial charge in [0.1, 0.15) is 5.75 Å². The van der Waals surface area contributed by atoms with Gasteiger partial charge in [-0.3, -0.25) is 4.79 Å². The average Bonchev–Trinajstić information content (AvgIpc) is 2.14. The Labute approximate surface area is 96.9 Å². The Morgan fingerprint density at radius 1 is 1.24 bits per heavy atom. The lowest BCUT2D eigenvalue weighted by Crippen LogP contribution is -2.09. The average molecular weight is 275 g/mol. The highest BCUT2D eigenvalue weighted by molar-refractivity contribution is 6.67. The zero-order chi connectivity index (χ0) is 13.2. The van der Waals surface area contributed by atoms with Gasteiger partial charge in [0.15, 0.2) is 0 Å². The van der Waals surface area contributed by atoms with Gasteiger partial charge < -0.3 is 4.74 Å². The second-order valence-corrected chi connectivity index (χ2v) is 3.24. The van der Waals surface area contributed by atoms with Gasteiger partial charge in [0, 0.05) is 5.56 Å². The quantitative estimate of drug-likeness (QED) is 0.621. The predicted molar refractivity (Wildman–Crippen MR) is 48.3 cm³/mol. The molecule has 8 heteroatoms. The van der Waals surface area contributed by atoms with Crippen LogP contribution in [0.15, 0.2) is 18.2 Å². The molecule has 0 aromatic heterocycles. The van der Waals surface area contributed by atoms with E-state index < -0.39 is 34.9 Å². The molecule has 2 nitrogen and oxygen atoms in total. The van der Waals surface area contributed by atoms with Crippen molar-refractivity contribution in [2.75, 3.05) is 0 Å². The maximum Gasteiger partial charge on any atom is 0.416 e. The molecule has 0 N–H and O–H groups in total. The van der Waals surface area contributed by atoms with E-state index >= 15 is 0 Å². The van der Waals surface area contributed by atoms with Crippen LogP contribution in [0.2, 0.25) is 0 Å². The van der Waals surface area contributed by atoms with E-state index in [1.54, 1.807) is 0 Å². The molecule has 0 atom stereocenters. The topological polar surface area (TPSA) is 26.3 Å². The maximum atomic E-state index is 12.4. The standard InChI is InChI=1S/C9H4ClF5O2/c10-7(16)4-1-5(9(13,14)15)3-6(2-4)17-8(11)12/h1-3,8H. The SMILES string of the molecule is O=C(Cl)c1cc(OC(F)F)cc(C(F)(F)F)c1. The number of carbonyl (C=O) groups excluding carboxylic acids is 1. The summed E-state index contributed by atoms with van der Waals surface area (Å²) < 4.78 is 64.6. The number of hydrogen-bond donors (Lipinski definition) is 0. The van der Waals surface area contributed by atoms with Gasteiger partial charge in [0.2, 0.25) is 0 Å². The van der Waals surface area contributed by atoms with Gasteiger partial charge in [-0.15, -0.1) is 0 Å². The minimum absolute atomic E-state index is 0.357. The second kappa shape index (κ2) is 4.87. The summed E-state index contributed by atoms with van der Waals surface area (Å²) in [6.45, 7) is -3.29. The minimum Gasteiger partial charge on any atom is -0.435 e. The lowest BCUT2D eigenvalue weighted by atomic mass is 10.1. The van der Waals surface area contributed by atoms with Crippen molar-refractivity contribution in [2.24, 2.45) is 0 Å². The first-order valence-corrected chi connectivity index (χ1v) is 4.45. The number of hydrogen-bond acceptors (Lipinski definition) is 2. The molecule has 0 spiro atoms. The van der Waals surface area contributed by atoms with Crippen LogP contribution < -0.4 is 4.74 Å². The molecule has 0 heterocycles. The van der Waals surface area contributed by atoms with Gasteiger partial charge in [0.25, 0.3) is 5.24 Å². The number of halogens is 6. The van der Waals surface area contributed by atoms with E-state index in [0.29, 0.717) is 18.2 Å². The fourth-order valence-corrected chi connectivity index (χ4v) is 1.16. The van der Waals surface area contributed by atoms with Crippen LogP contribution in [0, 0.1) is 0 Å². The molecule has 17 heavy (non-hydrogen) atoms. The monoisotopic (exact) mass is 274 g/mol. The van der Waals surface area contributed by atoms with Crippen molar-refractivity contribution in [3.05, 3.63) is 29.3 Å². The van der Waals surface area contributed by atoms with E-state index in [-0.39, 0.29) is 0 Å². The van der Waals surface area contributed by atoms with Crippen molar-refractivity contribution in [1.29, 1.82) is 0 Å². The van der Waals surface area contributed by atoms with Crippen LogP contribution in [0.1, 0.15) is 15.9 Å². The molecule has 0 aliphatic rings. The number of benzene rings is 1. The van der Waals surface area contributed by atoms with Crippen LogP contribution in [0.25, 0.3) is 0 Å². The van der Waals surface area contributed by atoms with E-state index in [2.05, 4.69) is 4.74 Å². The second-order valence-electron chi connectivity index (χ2n) is 2.90. The molecule has 0 radical (unpaired) electrons. The van der Waals surface area contributed by atoms with Gasteiger partial charge in [-0.05, 0) is 29.8 Å². The molecule has 1 aromatic carbocycles. The van der Waals surface area contributed by atoms with Gasteiger partial charge in [-0.25, -0.2) is 0 Å². The lowest BCUT2D eigenvalue weighted by Gasteiger charge is -2.11. The number of rotatable bonds is 3. The normalized spacial score (nSPS) is 11.7. The highest BCUT2D eigenvalue weighted by atomic mass is 35.5. The van der Waals surface area contributed by atoms with Crippen molar-refractivity contribution in [3.8, 4) is 5.75 Å². The largest absolute Gasteiger partial charge is 0.435 e. The van der Waals surface area contributed by atoms with E-state index in [4.69, 9.17) is 11.6 Å². The van der Waals surface area contributed by atoms with E-state index in [9.17, 15) is 26.7 Å². The first kappa shape index (κ1) is 13.7.